The Balaban J connectivity index is 3.26. The van der Waals surface area contributed by atoms with Gasteiger partial charge in [0.1, 0.15) is 22.7 Å². The summed E-state index contributed by atoms with van der Waals surface area (Å²) in [7, 11) is 0. The zero-order valence-electron chi connectivity index (χ0n) is 29.3. The van der Waals surface area contributed by atoms with Crippen LogP contribution in [0.5, 0.6) is 11.5 Å². The van der Waals surface area contributed by atoms with Crippen molar-refractivity contribution in [3.8, 4) is 11.5 Å². The zero-order valence-corrected chi connectivity index (χ0v) is 29.3. The Morgan fingerprint density at radius 3 is 1.22 bits per heavy atom. The number of unbranched alkanes of at least 4 members (excludes halogenated alkanes) is 10. The van der Waals surface area contributed by atoms with E-state index in [0.717, 1.165) is 64.2 Å². The summed E-state index contributed by atoms with van der Waals surface area (Å²) in [6, 6.07) is 2.81. The van der Waals surface area contributed by atoms with E-state index in [4.69, 9.17) is 18.9 Å². The quantitative estimate of drug-likeness (QED) is 0.0941. The van der Waals surface area contributed by atoms with Crippen LogP contribution in [-0.2, 0) is 9.47 Å². The molecule has 12 heteroatoms. The van der Waals surface area contributed by atoms with Gasteiger partial charge < -0.3 is 18.9 Å². The molecule has 46 heavy (non-hydrogen) atoms. The fraction of sp³-hybridized carbons (Fsp3) is 0.706. The molecule has 4 amide bonds. The van der Waals surface area contributed by atoms with Gasteiger partial charge in [-0.1, -0.05) is 78.1 Å². The molecule has 0 spiro atoms. The number of ether oxygens (including phenoxy) is 4. The van der Waals surface area contributed by atoms with Crippen LogP contribution in [-0.4, -0.2) is 48.4 Å². The predicted octanol–water partition coefficient (Wildman–Crippen LogP) is 7.50. The number of nitrogens with one attached hydrogen (secondary N) is 4. The highest BCUT2D eigenvalue weighted by Crippen LogP contribution is 2.30. The van der Waals surface area contributed by atoms with Gasteiger partial charge in [0.05, 0.1) is 24.3 Å². The third-order valence-electron chi connectivity index (χ3n) is 6.44. The Labute approximate surface area is 275 Å². The molecule has 12 nitrogen and oxygen atoms in total. The number of hydrogen-bond acceptors (Lipinski definition) is 8. The molecule has 0 fully saturated rings. The first-order valence-electron chi connectivity index (χ1n) is 16.7. The second-order valence-corrected chi connectivity index (χ2v) is 13.2. The van der Waals surface area contributed by atoms with E-state index < -0.39 is 35.2 Å². The van der Waals surface area contributed by atoms with E-state index in [2.05, 4.69) is 35.6 Å². The van der Waals surface area contributed by atoms with Crippen molar-refractivity contribution in [2.45, 2.75) is 144 Å². The summed E-state index contributed by atoms with van der Waals surface area (Å²) in [6.45, 7) is 15.2. The number of carbonyl (C=O) groups is 4. The minimum Gasteiger partial charge on any atom is -0.493 e. The van der Waals surface area contributed by atoms with E-state index in [1.165, 1.54) is 25.0 Å². The molecule has 1 rings (SSSR count). The largest absolute Gasteiger partial charge is 0.493 e. The Morgan fingerprint density at radius 1 is 0.522 bits per heavy atom. The van der Waals surface area contributed by atoms with Gasteiger partial charge in [0, 0.05) is 6.07 Å². The Hall–Kier alpha value is -3.70. The number of hydrazine groups is 2. The minimum atomic E-state index is -0.853. The fourth-order valence-electron chi connectivity index (χ4n) is 4.24. The van der Waals surface area contributed by atoms with Crippen LogP contribution in [0.3, 0.4) is 0 Å². The lowest BCUT2D eigenvalue weighted by Gasteiger charge is -2.21. The van der Waals surface area contributed by atoms with E-state index >= 15 is 0 Å². The van der Waals surface area contributed by atoms with Crippen LogP contribution >= 0.6 is 0 Å². The molecular weight excluding hydrogens is 592 g/mol. The molecule has 1 aromatic rings. The molecule has 0 bridgehead atoms. The highest BCUT2D eigenvalue weighted by atomic mass is 16.6. The first kappa shape index (κ1) is 40.3. The second kappa shape index (κ2) is 21.2. The summed E-state index contributed by atoms with van der Waals surface area (Å²) in [6.07, 6.45) is 10.9. The molecule has 0 aliphatic heterocycles. The number of hydrogen-bond donors (Lipinski definition) is 4. The zero-order chi connectivity index (χ0) is 34.6. The van der Waals surface area contributed by atoms with Crippen LogP contribution in [0.25, 0.3) is 0 Å². The molecule has 262 valence electrons. The second-order valence-electron chi connectivity index (χ2n) is 13.2. The average Bonchev–Trinajstić information content (AvgIpc) is 2.96. The molecule has 0 aliphatic rings. The maximum absolute atomic E-state index is 13.3. The molecule has 0 saturated heterocycles. The van der Waals surface area contributed by atoms with Crippen LogP contribution in [0.2, 0.25) is 0 Å². The Kier molecular flexibility index (Phi) is 18.6. The van der Waals surface area contributed by atoms with E-state index in [1.807, 2.05) is 0 Å². The van der Waals surface area contributed by atoms with E-state index in [0.29, 0.717) is 13.2 Å². The average molecular weight is 651 g/mol. The summed E-state index contributed by atoms with van der Waals surface area (Å²) < 4.78 is 22.5. The van der Waals surface area contributed by atoms with Crippen molar-refractivity contribution in [1.82, 2.24) is 21.7 Å². The lowest BCUT2D eigenvalue weighted by atomic mass is 10.1. The molecule has 0 saturated carbocycles. The highest BCUT2D eigenvalue weighted by molar-refractivity contribution is 6.03. The molecule has 4 N–H and O–H groups in total. The summed E-state index contributed by atoms with van der Waals surface area (Å²) in [5.74, 6) is -1.10. The van der Waals surface area contributed by atoms with Crippen molar-refractivity contribution in [3.63, 3.8) is 0 Å². The first-order valence-corrected chi connectivity index (χ1v) is 16.7. The van der Waals surface area contributed by atoms with Crippen LogP contribution in [0.4, 0.5) is 9.59 Å². The summed E-state index contributed by atoms with van der Waals surface area (Å²) >= 11 is 0. The van der Waals surface area contributed by atoms with Gasteiger partial charge in [0.2, 0.25) is 0 Å². The van der Waals surface area contributed by atoms with Crippen molar-refractivity contribution < 1.29 is 38.1 Å². The standard InChI is InChI=1S/C34H58N4O8/c1-9-11-13-15-17-19-21-43-27-24-28(44-22-20-18-16-14-12-10-2)26(30(40)36-38-32(42)46-34(6,7)8)23-25(27)29(39)35-37-31(41)45-33(3,4)5/h23-24H,9-22H2,1-8H3,(H,35,39)(H,36,40)(H,37,41)(H,38,42). The van der Waals surface area contributed by atoms with Gasteiger partial charge in [-0.3, -0.25) is 20.4 Å². The van der Waals surface area contributed by atoms with Gasteiger partial charge in [-0.25, -0.2) is 20.4 Å². The first-order chi connectivity index (χ1) is 21.7. The third kappa shape index (κ3) is 18.3. The van der Waals surface area contributed by atoms with Crippen LogP contribution in [0, 0.1) is 0 Å². The number of benzene rings is 1. The van der Waals surface area contributed by atoms with Crippen molar-refractivity contribution in [2.75, 3.05) is 13.2 Å². The number of amides is 4. The monoisotopic (exact) mass is 650 g/mol. The maximum Gasteiger partial charge on any atom is 0.426 e. The third-order valence-corrected chi connectivity index (χ3v) is 6.44. The predicted molar refractivity (Wildman–Crippen MR) is 178 cm³/mol. The maximum atomic E-state index is 13.3. The van der Waals surface area contributed by atoms with E-state index in [9.17, 15) is 19.2 Å². The molecule has 0 radical (unpaired) electrons. The molecule has 0 atom stereocenters. The number of carbonyl (C=O) groups excluding carboxylic acids is 4. The SMILES string of the molecule is CCCCCCCCOc1cc(OCCCCCCCC)c(C(=O)NNC(=O)OC(C)(C)C)cc1C(=O)NNC(=O)OC(C)(C)C. The van der Waals surface area contributed by atoms with Crippen molar-refractivity contribution in [3.05, 3.63) is 23.3 Å². The molecule has 0 aliphatic carbocycles. The van der Waals surface area contributed by atoms with Gasteiger partial charge in [-0.05, 0) is 60.5 Å². The summed E-state index contributed by atoms with van der Waals surface area (Å²) in [4.78, 5) is 51.0. The molecule has 0 heterocycles. The molecule has 0 unspecified atom stereocenters. The van der Waals surface area contributed by atoms with E-state index in [1.54, 1.807) is 41.5 Å². The van der Waals surface area contributed by atoms with Crippen LogP contribution < -0.4 is 31.2 Å². The summed E-state index contributed by atoms with van der Waals surface area (Å²) in [5.41, 5.74) is 7.50. The van der Waals surface area contributed by atoms with Crippen molar-refractivity contribution >= 4 is 24.0 Å². The van der Waals surface area contributed by atoms with Gasteiger partial charge >= 0.3 is 12.2 Å². The summed E-state index contributed by atoms with van der Waals surface area (Å²) in [5, 5.41) is 0. The molecular formula is C34H58N4O8. The van der Waals surface area contributed by atoms with Crippen LogP contribution in [0.15, 0.2) is 12.1 Å². The number of rotatable bonds is 18. The topological polar surface area (TPSA) is 153 Å². The molecule has 0 aromatic heterocycles. The fourth-order valence-corrected chi connectivity index (χ4v) is 4.24. The lowest BCUT2D eigenvalue weighted by molar-refractivity contribution is 0.0477. The normalized spacial score (nSPS) is 11.3. The van der Waals surface area contributed by atoms with Gasteiger partial charge in [-0.15, -0.1) is 0 Å². The Bertz CT molecular complexity index is 1010. The van der Waals surface area contributed by atoms with Crippen molar-refractivity contribution in [1.29, 1.82) is 0 Å². The molecule has 1 aromatic carbocycles. The minimum absolute atomic E-state index is 0.0172. The van der Waals surface area contributed by atoms with Crippen molar-refractivity contribution in [2.24, 2.45) is 0 Å². The van der Waals surface area contributed by atoms with Gasteiger partial charge in [-0.2, -0.15) is 0 Å². The Morgan fingerprint density at radius 2 is 0.870 bits per heavy atom. The smallest absolute Gasteiger partial charge is 0.426 e. The lowest BCUT2D eigenvalue weighted by Crippen LogP contribution is -2.45. The van der Waals surface area contributed by atoms with Gasteiger partial charge in [0.15, 0.2) is 0 Å². The highest BCUT2D eigenvalue weighted by Gasteiger charge is 2.24. The van der Waals surface area contributed by atoms with E-state index in [-0.39, 0.29) is 22.6 Å². The van der Waals surface area contributed by atoms with Gasteiger partial charge in [0.25, 0.3) is 11.8 Å². The van der Waals surface area contributed by atoms with Crippen LogP contribution in [0.1, 0.15) is 153 Å².